The first-order chi connectivity index (χ1) is 9.86. The zero-order valence-corrected chi connectivity index (χ0v) is 12.6. The third kappa shape index (κ3) is 3.53. The van der Waals surface area contributed by atoms with E-state index in [1.54, 1.807) is 0 Å². The van der Waals surface area contributed by atoms with Gasteiger partial charge < -0.3 is 5.11 Å². The number of aliphatic carboxylic acids is 1. The van der Waals surface area contributed by atoms with Gasteiger partial charge >= 0.3 is 5.97 Å². The molecular weight excluding hydrogens is 316 g/mol. The molecule has 0 aliphatic heterocycles. The Kier molecular flexibility index (Phi) is 4.52. The summed E-state index contributed by atoms with van der Waals surface area (Å²) in [4.78, 5) is 10.6. The molecule has 1 fully saturated rings. The highest BCUT2D eigenvalue weighted by Gasteiger charge is 2.38. The Morgan fingerprint density at radius 3 is 2.62 bits per heavy atom. The van der Waals surface area contributed by atoms with Crippen LogP contribution in [0.3, 0.4) is 0 Å². The Hall–Kier alpha value is -1.62. The SMILES string of the molecule is N#Cc1ccc(S(=O)(=O)N(CCC(=O)O)C2CC2)c(Cl)c1. The number of sulfonamides is 1. The number of nitrogens with zero attached hydrogens (tertiary/aromatic N) is 2. The fourth-order valence-corrected chi connectivity index (χ4v) is 4.18. The number of hydrogen-bond acceptors (Lipinski definition) is 4. The molecule has 0 spiro atoms. The number of carbonyl (C=O) groups is 1. The van der Waals surface area contributed by atoms with E-state index in [0.29, 0.717) is 12.8 Å². The van der Waals surface area contributed by atoms with Gasteiger partial charge in [-0.1, -0.05) is 11.6 Å². The summed E-state index contributed by atoms with van der Waals surface area (Å²) in [6, 6.07) is 5.66. The second kappa shape index (κ2) is 6.02. The molecule has 1 aromatic rings. The third-order valence-corrected chi connectivity index (χ3v) is 5.58. The van der Waals surface area contributed by atoms with Crippen molar-refractivity contribution in [2.24, 2.45) is 0 Å². The molecule has 21 heavy (non-hydrogen) atoms. The number of halogens is 1. The van der Waals surface area contributed by atoms with Crippen molar-refractivity contribution in [2.45, 2.75) is 30.2 Å². The lowest BCUT2D eigenvalue weighted by Crippen LogP contribution is -2.35. The molecule has 0 amide bonds. The second-order valence-electron chi connectivity index (χ2n) is 4.75. The minimum absolute atomic E-state index is 0.0324. The highest BCUT2D eigenvalue weighted by atomic mass is 35.5. The molecule has 2 rings (SSSR count). The largest absolute Gasteiger partial charge is 0.481 e. The summed E-state index contributed by atoms with van der Waals surface area (Å²) in [6.07, 6.45) is 1.17. The van der Waals surface area contributed by atoms with Crippen molar-refractivity contribution in [3.63, 3.8) is 0 Å². The Balaban J connectivity index is 2.34. The van der Waals surface area contributed by atoms with Crippen LogP contribution < -0.4 is 0 Å². The van der Waals surface area contributed by atoms with Gasteiger partial charge in [-0.05, 0) is 31.0 Å². The number of rotatable bonds is 6. The first-order valence-electron chi connectivity index (χ1n) is 6.29. The predicted octanol–water partition coefficient (Wildman–Crippen LogP) is 1.84. The average molecular weight is 329 g/mol. The first-order valence-corrected chi connectivity index (χ1v) is 8.11. The Morgan fingerprint density at radius 1 is 1.48 bits per heavy atom. The maximum Gasteiger partial charge on any atom is 0.304 e. The smallest absolute Gasteiger partial charge is 0.304 e. The normalized spacial score (nSPS) is 14.9. The lowest BCUT2D eigenvalue weighted by atomic mass is 10.2. The molecule has 1 saturated carbocycles. The molecule has 1 aliphatic rings. The molecule has 0 heterocycles. The molecule has 0 atom stereocenters. The van der Waals surface area contributed by atoms with E-state index in [1.165, 1.54) is 22.5 Å². The summed E-state index contributed by atoms with van der Waals surface area (Å²) in [6.45, 7) is -0.0847. The Morgan fingerprint density at radius 2 is 2.14 bits per heavy atom. The molecule has 0 saturated heterocycles. The molecule has 1 N–H and O–H groups in total. The van der Waals surface area contributed by atoms with E-state index < -0.39 is 16.0 Å². The van der Waals surface area contributed by atoms with E-state index in [0.717, 1.165) is 0 Å². The van der Waals surface area contributed by atoms with Gasteiger partial charge in [-0.15, -0.1) is 0 Å². The van der Waals surface area contributed by atoms with Crippen LogP contribution in [0.25, 0.3) is 0 Å². The van der Waals surface area contributed by atoms with Crippen molar-refractivity contribution in [3.8, 4) is 6.07 Å². The molecule has 8 heteroatoms. The Bertz CT molecular complexity index is 707. The highest BCUT2D eigenvalue weighted by molar-refractivity contribution is 7.89. The minimum atomic E-state index is -3.86. The summed E-state index contributed by atoms with van der Waals surface area (Å²) in [5.74, 6) is -1.05. The highest BCUT2D eigenvalue weighted by Crippen LogP contribution is 2.34. The van der Waals surface area contributed by atoms with E-state index in [2.05, 4.69) is 0 Å². The standard InChI is InChI=1S/C13H13ClN2O4S/c14-11-7-9(8-15)1-4-12(11)21(19,20)16(10-2-3-10)6-5-13(17)18/h1,4,7,10H,2-3,5-6H2,(H,17,18). The molecule has 6 nitrogen and oxygen atoms in total. The van der Waals surface area contributed by atoms with Crippen LogP contribution in [0.4, 0.5) is 0 Å². The van der Waals surface area contributed by atoms with Crippen molar-refractivity contribution >= 4 is 27.6 Å². The zero-order chi connectivity index (χ0) is 15.6. The molecule has 0 aromatic heterocycles. The van der Waals surface area contributed by atoms with Crippen LogP contribution in [-0.4, -0.2) is 36.4 Å². The van der Waals surface area contributed by atoms with Gasteiger partial charge in [0, 0.05) is 12.6 Å². The number of carboxylic acid groups (broad SMARTS) is 1. The van der Waals surface area contributed by atoms with Crippen LogP contribution in [0.1, 0.15) is 24.8 Å². The van der Waals surface area contributed by atoms with E-state index in [9.17, 15) is 13.2 Å². The Labute approximate surface area is 127 Å². The van der Waals surface area contributed by atoms with E-state index >= 15 is 0 Å². The molecular formula is C13H13ClN2O4S. The maximum absolute atomic E-state index is 12.6. The van der Waals surface area contributed by atoms with Gasteiger partial charge in [-0.2, -0.15) is 9.57 Å². The topological polar surface area (TPSA) is 98.5 Å². The molecule has 112 valence electrons. The van der Waals surface area contributed by atoms with Crippen molar-refractivity contribution < 1.29 is 18.3 Å². The van der Waals surface area contributed by atoms with Crippen molar-refractivity contribution in [3.05, 3.63) is 28.8 Å². The van der Waals surface area contributed by atoms with Gasteiger partial charge in [0.05, 0.1) is 23.1 Å². The van der Waals surface area contributed by atoms with Crippen LogP contribution in [0, 0.1) is 11.3 Å². The van der Waals surface area contributed by atoms with Gasteiger partial charge in [0.15, 0.2) is 0 Å². The predicted molar refractivity (Wildman–Crippen MR) is 75.3 cm³/mol. The molecule has 1 aliphatic carbocycles. The monoisotopic (exact) mass is 328 g/mol. The van der Waals surface area contributed by atoms with Gasteiger partial charge in [-0.3, -0.25) is 4.79 Å². The summed E-state index contributed by atoms with van der Waals surface area (Å²) in [7, 11) is -3.86. The van der Waals surface area contributed by atoms with Crippen LogP contribution >= 0.6 is 11.6 Å². The van der Waals surface area contributed by atoms with Gasteiger partial charge in [0.25, 0.3) is 0 Å². The van der Waals surface area contributed by atoms with E-state index in [1.807, 2.05) is 6.07 Å². The fraction of sp³-hybridized carbons (Fsp3) is 0.385. The average Bonchev–Trinajstić information content (AvgIpc) is 3.22. The first kappa shape index (κ1) is 15.8. The van der Waals surface area contributed by atoms with Crippen LogP contribution in [0.15, 0.2) is 23.1 Å². The lowest BCUT2D eigenvalue weighted by molar-refractivity contribution is -0.137. The summed E-state index contributed by atoms with van der Waals surface area (Å²) >= 11 is 5.95. The third-order valence-electron chi connectivity index (χ3n) is 3.15. The van der Waals surface area contributed by atoms with Crippen LogP contribution in [0.2, 0.25) is 5.02 Å². The van der Waals surface area contributed by atoms with Gasteiger partial charge in [0.2, 0.25) is 10.0 Å². The second-order valence-corrected chi connectivity index (χ2v) is 7.01. The number of carboxylic acids is 1. The molecule has 0 unspecified atom stereocenters. The zero-order valence-electron chi connectivity index (χ0n) is 11.0. The molecule has 0 bridgehead atoms. The van der Waals surface area contributed by atoms with Gasteiger partial charge in [0.1, 0.15) is 4.90 Å². The summed E-state index contributed by atoms with van der Waals surface area (Å²) in [5.41, 5.74) is 0.266. The summed E-state index contributed by atoms with van der Waals surface area (Å²) in [5, 5.41) is 17.5. The summed E-state index contributed by atoms with van der Waals surface area (Å²) < 4.78 is 26.4. The quantitative estimate of drug-likeness (QED) is 0.859. The lowest BCUT2D eigenvalue weighted by Gasteiger charge is -2.21. The van der Waals surface area contributed by atoms with Crippen molar-refractivity contribution in [2.75, 3.05) is 6.54 Å². The van der Waals surface area contributed by atoms with E-state index in [-0.39, 0.29) is 34.5 Å². The maximum atomic E-state index is 12.6. The number of nitriles is 1. The van der Waals surface area contributed by atoms with Crippen molar-refractivity contribution in [1.82, 2.24) is 4.31 Å². The minimum Gasteiger partial charge on any atom is -0.481 e. The molecule has 0 radical (unpaired) electrons. The van der Waals surface area contributed by atoms with Gasteiger partial charge in [-0.25, -0.2) is 8.42 Å². The molecule has 1 aromatic carbocycles. The number of benzene rings is 1. The van der Waals surface area contributed by atoms with Crippen LogP contribution in [-0.2, 0) is 14.8 Å². The number of hydrogen-bond donors (Lipinski definition) is 1. The van der Waals surface area contributed by atoms with Crippen molar-refractivity contribution in [1.29, 1.82) is 5.26 Å². The van der Waals surface area contributed by atoms with E-state index in [4.69, 9.17) is 22.0 Å². The van der Waals surface area contributed by atoms with Crippen LogP contribution in [0.5, 0.6) is 0 Å². The fourth-order valence-electron chi connectivity index (χ4n) is 1.97.